The normalized spacial score (nSPS) is 20.5. The second-order valence-corrected chi connectivity index (χ2v) is 6.67. The van der Waals surface area contributed by atoms with Gasteiger partial charge < -0.3 is 5.32 Å². The molecule has 2 rings (SSSR count). The van der Waals surface area contributed by atoms with Crippen LogP contribution in [0.4, 0.5) is 13.2 Å². The van der Waals surface area contributed by atoms with Gasteiger partial charge in [0.2, 0.25) is 0 Å². The van der Waals surface area contributed by atoms with Crippen molar-refractivity contribution in [1.29, 1.82) is 0 Å². The van der Waals surface area contributed by atoms with Crippen molar-refractivity contribution in [2.45, 2.75) is 23.7 Å². The molecule has 106 valence electrons. The van der Waals surface area contributed by atoms with Crippen LogP contribution in [-0.2, 0) is 9.84 Å². The van der Waals surface area contributed by atoms with Gasteiger partial charge in [0.1, 0.15) is 10.7 Å². The standard InChI is InChI=1S/C12H14F3NO2S/c1-19(17,18)12-9(13)5-8(10(14)11(12)15)7-3-2-4-16-6-7/h5,7,16H,2-4,6H2,1H3. The van der Waals surface area contributed by atoms with Crippen LogP contribution >= 0.6 is 0 Å². The predicted molar refractivity (Wildman–Crippen MR) is 64.3 cm³/mol. The molecule has 0 spiro atoms. The first-order chi connectivity index (χ1) is 8.82. The van der Waals surface area contributed by atoms with Crippen LogP contribution in [0, 0.1) is 17.5 Å². The number of rotatable bonds is 2. The van der Waals surface area contributed by atoms with E-state index in [2.05, 4.69) is 5.32 Å². The molecule has 3 nitrogen and oxygen atoms in total. The minimum atomic E-state index is -4.14. The SMILES string of the molecule is CS(=O)(=O)c1c(F)cc(C2CCCNC2)c(F)c1F. The Labute approximate surface area is 109 Å². The number of benzene rings is 1. The summed E-state index contributed by atoms with van der Waals surface area (Å²) in [5.74, 6) is -4.47. The van der Waals surface area contributed by atoms with Crippen LogP contribution in [0.15, 0.2) is 11.0 Å². The van der Waals surface area contributed by atoms with E-state index in [1.807, 2.05) is 0 Å². The van der Waals surface area contributed by atoms with E-state index in [4.69, 9.17) is 0 Å². The summed E-state index contributed by atoms with van der Waals surface area (Å²) < 4.78 is 63.9. The number of hydrogen-bond donors (Lipinski definition) is 1. The van der Waals surface area contributed by atoms with Gasteiger partial charge in [0.05, 0.1) is 0 Å². The lowest BCUT2D eigenvalue weighted by atomic mass is 9.91. The van der Waals surface area contributed by atoms with Gasteiger partial charge in [-0.25, -0.2) is 21.6 Å². The van der Waals surface area contributed by atoms with Crippen molar-refractivity contribution in [3.8, 4) is 0 Å². The van der Waals surface area contributed by atoms with Gasteiger partial charge in [-0.2, -0.15) is 0 Å². The maximum atomic E-state index is 13.9. The number of sulfone groups is 1. The molecular weight excluding hydrogens is 279 g/mol. The maximum absolute atomic E-state index is 13.9. The lowest BCUT2D eigenvalue weighted by molar-refractivity contribution is 0.412. The molecule has 1 aliphatic heterocycles. The average Bonchev–Trinajstić information content (AvgIpc) is 2.33. The Kier molecular flexibility index (Phi) is 3.87. The zero-order chi connectivity index (χ0) is 14.2. The van der Waals surface area contributed by atoms with Gasteiger partial charge in [-0.3, -0.25) is 0 Å². The van der Waals surface area contributed by atoms with E-state index in [0.717, 1.165) is 19.0 Å². The van der Waals surface area contributed by atoms with Crippen LogP contribution in [0.25, 0.3) is 0 Å². The minimum absolute atomic E-state index is 0.102. The molecule has 1 aromatic carbocycles. The van der Waals surface area contributed by atoms with Crippen molar-refractivity contribution in [2.75, 3.05) is 19.3 Å². The van der Waals surface area contributed by atoms with Crippen LogP contribution in [0.5, 0.6) is 0 Å². The Morgan fingerprint density at radius 2 is 1.95 bits per heavy atom. The van der Waals surface area contributed by atoms with E-state index in [1.165, 1.54) is 0 Å². The third kappa shape index (κ3) is 2.76. The second kappa shape index (κ2) is 5.13. The lowest BCUT2D eigenvalue weighted by Crippen LogP contribution is -2.29. The Morgan fingerprint density at radius 1 is 1.26 bits per heavy atom. The van der Waals surface area contributed by atoms with E-state index in [1.54, 1.807) is 0 Å². The van der Waals surface area contributed by atoms with Gasteiger partial charge in [0, 0.05) is 12.8 Å². The topological polar surface area (TPSA) is 46.2 Å². The highest BCUT2D eigenvalue weighted by Crippen LogP contribution is 2.31. The van der Waals surface area contributed by atoms with Gasteiger partial charge in [-0.15, -0.1) is 0 Å². The summed E-state index contributed by atoms with van der Waals surface area (Å²) in [7, 11) is -4.14. The fraction of sp³-hybridized carbons (Fsp3) is 0.500. The predicted octanol–water partition coefficient (Wildman–Crippen LogP) is 1.97. The molecule has 1 saturated heterocycles. The molecule has 0 aliphatic carbocycles. The Hall–Kier alpha value is -1.08. The van der Waals surface area contributed by atoms with Crippen molar-refractivity contribution >= 4 is 9.84 Å². The van der Waals surface area contributed by atoms with Crippen molar-refractivity contribution in [2.24, 2.45) is 0 Å². The van der Waals surface area contributed by atoms with Crippen LogP contribution in [0.3, 0.4) is 0 Å². The summed E-state index contributed by atoms with van der Waals surface area (Å²) in [5.41, 5.74) is -0.102. The second-order valence-electron chi connectivity index (χ2n) is 4.72. The third-order valence-corrected chi connectivity index (χ3v) is 4.37. The highest BCUT2D eigenvalue weighted by molar-refractivity contribution is 7.90. The van der Waals surface area contributed by atoms with Gasteiger partial charge in [0.25, 0.3) is 0 Å². The number of piperidine rings is 1. The summed E-state index contributed by atoms with van der Waals surface area (Å²) in [4.78, 5) is -1.20. The van der Waals surface area contributed by atoms with Crippen LogP contribution in [0.1, 0.15) is 24.3 Å². The van der Waals surface area contributed by atoms with Crippen molar-refractivity contribution in [3.63, 3.8) is 0 Å². The molecular formula is C12H14F3NO2S. The fourth-order valence-electron chi connectivity index (χ4n) is 2.35. The monoisotopic (exact) mass is 293 g/mol. The van der Waals surface area contributed by atoms with Crippen molar-refractivity contribution in [3.05, 3.63) is 29.1 Å². The fourth-order valence-corrected chi connectivity index (χ4v) is 3.18. The molecule has 19 heavy (non-hydrogen) atoms. The number of halogens is 3. The zero-order valence-electron chi connectivity index (χ0n) is 10.3. The lowest BCUT2D eigenvalue weighted by Gasteiger charge is -2.24. The van der Waals surface area contributed by atoms with Crippen LogP contribution in [0.2, 0.25) is 0 Å². The molecule has 0 aromatic heterocycles. The van der Waals surface area contributed by atoms with Crippen molar-refractivity contribution in [1.82, 2.24) is 5.32 Å². The highest BCUT2D eigenvalue weighted by Gasteiger charge is 2.29. The van der Waals surface area contributed by atoms with Crippen LogP contribution in [-0.4, -0.2) is 27.8 Å². The molecule has 1 unspecified atom stereocenters. The Bertz CT molecular complexity index is 595. The van der Waals surface area contributed by atoms with Crippen molar-refractivity contribution < 1.29 is 21.6 Å². The highest BCUT2D eigenvalue weighted by atomic mass is 32.2. The van der Waals surface area contributed by atoms with Gasteiger partial charge in [0.15, 0.2) is 21.5 Å². The van der Waals surface area contributed by atoms with Crippen LogP contribution < -0.4 is 5.32 Å². The number of nitrogens with one attached hydrogen (secondary N) is 1. The maximum Gasteiger partial charge on any atom is 0.181 e. The first kappa shape index (κ1) is 14.3. The van der Waals surface area contributed by atoms with E-state index in [0.29, 0.717) is 19.2 Å². The molecule has 0 saturated carbocycles. The molecule has 1 heterocycles. The molecule has 1 atom stereocenters. The third-order valence-electron chi connectivity index (χ3n) is 3.25. The largest absolute Gasteiger partial charge is 0.316 e. The first-order valence-corrected chi connectivity index (χ1v) is 7.79. The molecule has 1 aliphatic rings. The molecule has 0 bridgehead atoms. The quantitative estimate of drug-likeness (QED) is 0.848. The zero-order valence-corrected chi connectivity index (χ0v) is 11.2. The molecule has 0 amide bonds. The van der Waals surface area contributed by atoms with Gasteiger partial charge >= 0.3 is 0 Å². The molecule has 1 fully saturated rings. The summed E-state index contributed by atoms with van der Waals surface area (Å²) >= 11 is 0. The van der Waals surface area contributed by atoms with E-state index >= 15 is 0 Å². The summed E-state index contributed by atoms with van der Waals surface area (Å²) in [5, 5.41) is 3.01. The molecule has 1 N–H and O–H groups in total. The van der Waals surface area contributed by atoms with E-state index in [-0.39, 0.29) is 11.5 Å². The summed E-state index contributed by atoms with van der Waals surface area (Å²) in [6.45, 7) is 1.21. The van der Waals surface area contributed by atoms with E-state index < -0.39 is 32.2 Å². The Morgan fingerprint density at radius 3 is 2.47 bits per heavy atom. The number of hydrogen-bond acceptors (Lipinski definition) is 3. The van der Waals surface area contributed by atoms with Gasteiger partial charge in [-0.05, 0) is 36.9 Å². The Balaban J connectivity index is 2.54. The summed E-state index contributed by atoms with van der Waals surface area (Å²) in [6.07, 6.45) is 2.04. The van der Waals surface area contributed by atoms with E-state index in [9.17, 15) is 21.6 Å². The molecule has 0 radical (unpaired) electrons. The average molecular weight is 293 g/mol. The first-order valence-electron chi connectivity index (χ1n) is 5.90. The minimum Gasteiger partial charge on any atom is -0.316 e. The van der Waals surface area contributed by atoms with Gasteiger partial charge in [-0.1, -0.05) is 0 Å². The smallest absolute Gasteiger partial charge is 0.181 e. The molecule has 1 aromatic rings. The molecule has 7 heteroatoms. The summed E-state index contributed by atoms with van der Waals surface area (Å²) in [6, 6.07) is 0.798.